The van der Waals surface area contributed by atoms with Crippen LogP contribution >= 0.6 is 11.6 Å². The molecule has 0 spiro atoms. The van der Waals surface area contributed by atoms with Crippen molar-refractivity contribution in [3.05, 3.63) is 58.6 Å². The lowest BCUT2D eigenvalue weighted by atomic mass is 10.2. The zero-order chi connectivity index (χ0) is 20.8. The number of esters is 1. The number of likely N-dealkylation sites (N-methyl/N-ethyl adjacent to an activating group) is 1. The fraction of sp³-hybridized carbons (Fsp3) is 0.250. The predicted molar refractivity (Wildman–Crippen MR) is 105 cm³/mol. The molecule has 0 radical (unpaired) electrons. The monoisotopic (exact) mass is 404 g/mol. The predicted octanol–water partition coefficient (Wildman–Crippen LogP) is 3.00. The van der Waals surface area contributed by atoms with Crippen molar-refractivity contribution in [3.63, 3.8) is 0 Å². The van der Waals surface area contributed by atoms with Crippen LogP contribution in [0.3, 0.4) is 0 Å². The Labute approximate surface area is 167 Å². The van der Waals surface area contributed by atoms with Crippen molar-refractivity contribution in [1.29, 1.82) is 0 Å². The van der Waals surface area contributed by atoms with Gasteiger partial charge in [0.15, 0.2) is 6.10 Å². The topological polar surface area (TPSA) is 95.9 Å². The minimum Gasteiger partial charge on any atom is -0.507 e. The number of carbonyl (C=O) groups is 3. The molecule has 0 heterocycles. The molecule has 2 aromatic rings. The number of nitrogens with zero attached hydrogens (tertiary/aromatic N) is 1. The Bertz CT molecular complexity index is 883. The number of phenols is 1. The Morgan fingerprint density at radius 1 is 1.18 bits per heavy atom. The summed E-state index contributed by atoms with van der Waals surface area (Å²) >= 11 is 5.72. The van der Waals surface area contributed by atoms with Crippen LogP contribution in [-0.2, 0) is 14.3 Å². The molecule has 0 unspecified atom stereocenters. The van der Waals surface area contributed by atoms with Gasteiger partial charge < -0.3 is 20.1 Å². The first-order chi connectivity index (χ1) is 13.2. The first-order valence-corrected chi connectivity index (χ1v) is 8.86. The molecule has 148 valence electrons. The lowest BCUT2D eigenvalue weighted by Gasteiger charge is -2.21. The molecule has 8 heteroatoms. The molecule has 28 heavy (non-hydrogen) atoms. The molecule has 0 fully saturated rings. The van der Waals surface area contributed by atoms with Gasteiger partial charge in [-0.05, 0) is 44.2 Å². The van der Waals surface area contributed by atoms with E-state index in [1.807, 2.05) is 19.1 Å². The Morgan fingerprint density at radius 3 is 2.43 bits per heavy atom. The van der Waals surface area contributed by atoms with Gasteiger partial charge in [-0.3, -0.25) is 9.59 Å². The van der Waals surface area contributed by atoms with Crippen LogP contribution in [0.15, 0.2) is 42.5 Å². The number of aryl methyl sites for hydroxylation is 1. The number of nitrogens with one attached hydrogen (secondary N) is 1. The average molecular weight is 405 g/mol. The van der Waals surface area contributed by atoms with Gasteiger partial charge in [-0.25, -0.2) is 4.79 Å². The molecule has 0 saturated carbocycles. The van der Waals surface area contributed by atoms with Gasteiger partial charge in [0.05, 0.1) is 6.54 Å². The molecule has 0 aliphatic rings. The molecule has 2 amide bonds. The van der Waals surface area contributed by atoms with Crippen molar-refractivity contribution in [1.82, 2.24) is 4.90 Å². The van der Waals surface area contributed by atoms with E-state index in [0.717, 1.165) is 10.5 Å². The molecule has 0 aliphatic heterocycles. The summed E-state index contributed by atoms with van der Waals surface area (Å²) in [6, 6.07) is 11.2. The maximum absolute atomic E-state index is 12.4. The summed E-state index contributed by atoms with van der Waals surface area (Å²) in [7, 11) is 1.43. The number of halogens is 1. The highest BCUT2D eigenvalue weighted by molar-refractivity contribution is 6.30. The van der Waals surface area contributed by atoms with Crippen LogP contribution in [0.5, 0.6) is 5.75 Å². The summed E-state index contributed by atoms with van der Waals surface area (Å²) in [4.78, 5) is 37.7. The van der Waals surface area contributed by atoms with Gasteiger partial charge in [-0.2, -0.15) is 0 Å². The van der Waals surface area contributed by atoms with Gasteiger partial charge >= 0.3 is 5.97 Å². The van der Waals surface area contributed by atoms with Gasteiger partial charge in [0.25, 0.3) is 5.91 Å². The third-order valence-electron chi connectivity index (χ3n) is 3.90. The summed E-state index contributed by atoms with van der Waals surface area (Å²) in [5, 5.41) is 12.7. The summed E-state index contributed by atoms with van der Waals surface area (Å²) in [6.45, 7) is 3.12. The number of carbonyl (C=O) groups excluding carboxylic acids is 3. The van der Waals surface area contributed by atoms with Crippen LogP contribution in [0.25, 0.3) is 0 Å². The molecule has 2 rings (SSSR count). The normalized spacial score (nSPS) is 11.4. The Morgan fingerprint density at radius 2 is 1.82 bits per heavy atom. The summed E-state index contributed by atoms with van der Waals surface area (Å²) in [6.07, 6.45) is -1.14. The van der Waals surface area contributed by atoms with E-state index in [1.165, 1.54) is 32.2 Å². The van der Waals surface area contributed by atoms with Crippen LogP contribution in [0.4, 0.5) is 5.69 Å². The minimum atomic E-state index is -1.14. The maximum Gasteiger partial charge on any atom is 0.342 e. The molecule has 0 bridgehead atoms. The number of amides is 2. The average Bonchev–Trinajstić information content (AvgIpc) is 2.62. The SMILES string of the molecule is Cc1ccc(NC(=O)CN(C)C(=O)[C@H](C)OC(=O)c2ccc(Cl)cc2O)cc1. The van der Waals surface area contributed by atoms with Crippen LogP contribution in [0.2, 0.25) is 5.02 Å². The number of hydrogen-bond donors (Lipinski definition) is 2. The van der Waals surface area contributed by atoms with E-state index in [1.54, 1.807) is 12.1 Å². The van der Waals surface area contributed by atoms with Crippen molar-refractivity contribution >= 4 is 35.1 Å². The van der Waals surface area contributed by atoms with Crippen LogP contribution in [-0.4, -0.2) is 47.5 Å². The Hall–Kier alpha value is -3.06. The number of ether oxygens (including phenoxy) is 1. The fourth-order valence-corrected chi connectivity index (χ4v) is 2.56. The second kappa shape index (κ2) is 9.23. The van der Waals surface area contributed by atoms with Crippen LogP contribution in [0, 0.1) is 6.92 Å². The first-order valence-electron chi connectivity index (χ1n) is 8.48. The fourth-order valence-electron chi connectivity index (χ4n) is 2.39. The first kappa shape index (κ1) is 21.2. The second-order valence-corrected chi connectivity index (χ2v) is 6.75. The van der Waals surface area contributed by atoms with E-state index in [4.69, 9.17) is 16.3 Å². The van der Waals surface area contributed by atoms with E-state index < -0.39 is 18.0 Å². The number of benzene rings is 2. The Balaban J connectivity index is 1.91. The summed E-state index contributed by atoms with van der Waals surface area (Å²) in [5.74, 6) is -2.15. The third-order valence-corrected chi connectivity index (χ3v) is 4.14. The van der Waals surface area contributed by atoms with Crippen molar-refractivity contribution in [2.45, 2.75) is 20.0 Å². The van der Waals surface area contributed by atoms with Crippen molar-refractivity contribution in [2.75, 3.05) is 18.9 Å². The highest BCUT2D eigenvalue weighted by atomic mass is 35.5. The van der Waals surface area contributed by atoms with E-state index in [-0.39, 0.29) is 28.8 Å². The quantitative estimate of drug-likeness (QED) is 0.721. The standard InChI is InChI=1S/C20H21ClN2O5/c1-12-4-7-15(8-5-12)22-18(25)11-23(3)19(26)13(2)28-20(27)16-9-6-14(21)10-17(16)24/h4-10,13,24H,11H2,1-3H3,(H,22,25)/t13-/m0/s1. The molecule has 0 aliphatic carbocycles. The van der Waals surface area contributed by atoms with E-state index >= 15 is 0 Å². The molecular weight excluding hydrogens is 384 g/mol. The summed E-state index contributed by atoms with van der Waals surface area (Å²) in [5.41, 5.74) is 1.57. The number of aromatic hydroxyl groups is 1. The van der Waals surface area contributed by atoms with Crippen molar-refractivity contribution in [3.8, 4) is 5.75 Å². The van der Waals surface area contributed by atoms with E-state index in [0.29, 0.717) is 5.69 Å². The van der Waals surface area contributed by atoms with Crippen LogP contribution in [0.1, 0.15) is 22.8 Å². The minimum absolute atomic E-state index is 0.108. The molecule has 0 saturated heterocycles. The van der Waals surface area contributed by atoms with E-state index in [9.17, 15) is 19.5 Å². The molecule has 2 N–H and O–H groups in total. The molecule has 1 atom stereocenters. The van der Waals surface area contributed by atoms with Gasteiger partial charge in [0, 0.05) is 17.8 Å². The van der Waals surface area contributed by atoms with Gasteiger partial charge in [-0.15, -0.1) is 0 Å². The number of rotatable bonds is 6. The number of anilines is 1. The smallest absolute Gasteiger partial charge is 0.342 e. The largest absolute Gasteiger partial charge is 0.507 e. The maximum atomic E-state index is 12.4. The highest BCUT2D eigenvalue weighted by Crippen LogP contribution is 2.23. The number of phenolic OH excluding ortho intramolecular Hbond substituents is 1. The molecule has 0 aromatic heterocycles. The van der Waals surface area contributed by atoms with Crippen molar-refractivity contribution < 1.29 is 24.2 Å². The lowest BCUT2D eigenvalue weighted by Crippen LogP contribution is -2.41. The lowest BCUT2D eigenvalue weighted by molar-refractivity contribution is -0.140. The van der Waals surface area contributed by atoms with Gasteiger partial charge in [0.1, 0.15) is 11.3 Å². The second-order valence-electron chi connectivity index (χ2n) is 6.32. The zero-order valence-corrected chi connectivity index (χ0v) is 16.5. The third kappa shape index (κ3) is 5.72. The zero-order valence-electron chi connectivity index (χ0n) is 15.7. The molecule has 7 nitrogen and oxygen atoms in total. The summed E-state index contributed by atoms with van der Waals surface area (Å²) < 4.78 is 5.09. The van der Waals surface area contributed by atoms with Gasteiger partial charge in [0.2, 0.25) is 5.91 Å². The molecule has 2 aromatic carbocycles. The van der Waals surface area contributed by atoms with Crippen LogP contribution < -0.4 is 5.32 Å². The van der Waals surface area contributed by atoms with Gasteiger partial charge in [-0.1, -0.05) is 29.3 Å². The molecular formula is C20H21ClN2O5. The number of hydrogen-bond acceptors (Lipinski definition) is 5. The van der Waals surface area contributed by atoms with Crippen molar-refractivity contribution in [2.24, 2.45) is 0 Å². The van der Waals surface area contributed by atoms with E-state index in [2.05, 4.69) is 5.32 Å². The Kier molecular flexibility index (Phi) is 7.00. The highest BCUT2D eigenvalue weighted by Gasteiger charge is 2.24.